The van der Waals surface area contributed by atoms with Gasteiger partial charge in [-0.05, 0) is 36.2 Å². The molecule has 0 radical (unpaired) electrons. The van der Waals surface area contributed by atoms with E-state index in [9.17, 15) is 8.42 Å². The Balaban J connectivity index is 2.04. The first-order valence-corrected chi connectivity index (χ1v) is 8.04. The van der Waals surface area contributed by atoms with Crippen LogP contribution in [0.3, 0.4) is 0 Å². The zero-order chi connectivity index (χ0) is 15.3. The van der Waals surface area contributed by atoms with Gasteiger partial charge in [0.15, 0.2) is 0 Å². The van der Waals surface area contributed by atoms with Crippen LogP contribution in [0.5, 0.6) is 5.75 Å². The molecule has 2 aromatic carbocycles. The molecule has 0 aromatic heterocycles. The van der Waals surface area contributed by atoms with E-state index in [4.69, 9.17) is 9.88 Å². The molecule has 0 aliphatic rings. The van der Waals surface area contributed by atoms with E-state index < -0.39 is 10.0 Å². The van der Waals surface area contributed by atoms with Crippen molar-refractivity contribution in [3.05, 3.63) is 54.1 Å². The SMILES string of the molecule is COc1cccc(CCNc2ccccc2S(N)(=O)=O)c1. The van der Waals surface area contributed by atoms with E-state index in [2.05, 4.69) is 5.32 Å². The lowest BCUT2D eigenvalue weighted by molar-refractivity contribution is 0.414. The Morgan fingerprint density at radius 2 is 1.90 bits per heavy atom. The quantitative estimate of drug-likeness (QED) is 0.855. The van der Waals surface area contributed by atoms with Crippen LogP contribution in [0.15, 0.2) is 53.4 Å². The molecule has 3 N–H and O–H groups in total. The number of nitrogens with one attached hydrogen (secondary N) is 1. The zero-order valence-corrected chi connectivity index (χ0v) is 12.6. The second-order valence-electron chi connectivity index (χ2n) is 4.57. The largest absolute Gasteiger partial charge is 0.497 e. The Kier molecular flexibility index (Phi) is 4.82. The number of sulfonamides is 1. The smallest absolute Gasteiger partial charge is 0.240 e. The minimum Gasteiger partial charge on any atom is -0.497 e. The van der Waals surface area contributed by atoms with E-state index in [-0.39, 0.29) is 4.90 Å². The fraction of sp³-hybridized carbons (Fsp3) is 0.200. The maximum atomic E-state index is 11.5. The summed E-state index contributed by atoms with van der Waals surface area (Å²) in [5.41, 5.74) is 1.62. The number of ether oxygens (including phenoxy) is 1. The normalized spacial score (nSPS) is 11.1. The molecule has 0 aliphatic heterocycles. The molecule has 6 heteroatoms. The molecule has 0 spiro atoms. The van der Waals surface area contributed by atoms with Crippen LogP contribution in [0.2, 0.25) is 0 Å². The molecule has 0 amide bonds. The number of benzene rings is 2. The van der Waals surface area contributed by atoms with Gasteiger partial charge in [0.25, 0.3) is 0 Å². The van der Waals surface area contributed by atoms with E-state index in [0.29, 0.717) is 12.2 Å². The number of hydrogen-bond acceptors (Lipinski definition) is 4. The third-order valence-electron chi connectivity index (χ3n) is 3.06. The number of rotatable bonds is 6. The van der Waals surface area contributed by atoms with Gasteiger partial charge in [0.1, 0.15) is 10.6 Å². The van der Waals surface area contributed by atoms with E-state index in [0.717, 1.165) is 17.7 Å². The van der Waals surface area contributed by atoms with Crippen LogP contribution in [-0.4, -0.2) is 22.1 Å². The molecule has 0 bridgehead atoms. The van der Waals surface area contributed by atoms with Crippen molar-refractivity contribution in [2.24, 2.45) is 5.14 Å². The zero-order valence-electron chi connectivity index (χ0n) is 11.7. The highest BCUT2D eigenvalue weighted by molar-refractivity contribution is 7.89. The van der Waals surface area contributed by atoms with E-state index in [1.165, 1.54) is 6.07 Å². The molecule has 112 valence electrons. The van der Waals surface area contributed by atoms with Gasteiger partial charge in [-0.1, -0.05) is 24.3 Å². The number of primary sulfonamides is 1. The van der Waals surface area contributed by atoms with Crippen LogP contribution < -0.4 is 15.2 Å². The fourth-order valence-corrected chi connectivity index (χ4v) is 2.75. The summed E-state index contributed by atoms with van der Waals surface area (Å²) in [5.74, 6) is 0.803. The third-order valence-corrected chi connectivity index (χ3v) is 4.03. The van der Waals surface area contributed by atoms with Gasteiger partial charge >= 0.3 is 0 Å². The van der Waals surface area contributed by atoms with Gasteiger partial charge in [0.2, 0.25) is 10.0 Å². The summed E-state index contributed by atoms with van der Waals surface area (Å²) in [6.45, 7) is 0.597. The fourth-order valence-electron chi connectivity index (χ4n) is 2.03. The minimum atomic E-state index is -3.72. The van der Waals surface area contributed by atoms with Crippen molar-refractivity contribution in [2.75, 3.05) is 19.0 Å². The van der Waals surface area contributed by atoms with Crippen molar-refractivity contribution < 1.29 is 13.2 Å². The van der Waals surface area contributed by atoms with Crippen LogP contribution >= 0.6 is 0 Å². The van der Waals surface area contributed by atoms with E-state index in [1.54, 1.807) is 25.3 Å². The molecular formula is C15H18N2O3S. The first kappa shape index (κ1) is 15.3. The molecule has 2 aromatic rings. The maximum Gasteiger partial charge on any atom is 0.240 e. The van der Waals surface area contributed by atoms with Crippen molar-refractivity contribution in [3.8, 4) is 5.75 Å². The highest BCUT2D eigenvalue weighted by Gasteiger charge is 2.12. The number of hydrogen-bond donors (Lipinski definition) is 2. The summed E-state index contributed by atoms with van der Waals surface area (Å²) < 4.78 is 28.2. The molecule has 0 heterocycles. The molecule has 21 heavy (non-hydrogen) atoms. The van der Waals surface area contributed by atoms with Gasteiger partial charge in [-0.2, -0.15) is 0 Å². The van der Waals surface area contributed by atoms with Gasteiger partial charge in [0.05, 0.1) is 12.8 Å². The van der Waals surface area contributed by atoms with E-state index >= 15 is 0 Å². The maximum absolute atomic E-state index is 11.5. The Hall–Kier alpha value is -2.05. The molecule has 2 rings (SSSR count). The highest BCUT2D eigenvalue weighted by Crippen LogP contribution is 2.19. The van der Waals surface area contributed by atoms with Crippen LogP contribution in [0.1, 0.15) is 5.56 Å². The second kappa shape index (κ2) is 6.60. The molecule has 0 unspecified atom stereocenters. The van der Waals surface area contributed by atoms with Crippen molar-refractivity contribution in [2.45, 2.75) is 11.3 Å². The Morgan fingerprint density at radius 3 is 2.62 bits per heavy atom. The molecule has 0 saturated carbocycles. The van der Waals surface area contributed by atoms with Crippen LogP contribution in [-0.2, 0) is 16.4 Å². The molecule has 0 aliphatic carbocycles. The number of nitrogens with two attached hydrogens (primary N) is 1. The lowest BCUT2D eigenvalue weighted by atomic mass is 10.1. The topological polar surface area (TPSA) is 81.4 Å². The van der Waals surface area contributed by atoms with E-state index in [1.807, 2.05) is 24.3 Å². The van der Waals surface area contributed by atoms with Crippen molar-refractivity contribution >= 4 is 15.7 Å². The summed E-state index contributed by atoms with van der Waals surface area (Å²) in [6, 6.07) is 14.4. The number of anilines is 1. The second-order valence-corrected chi connectivity index (χ2v) is 6.10. The first-order chi connectivity index (χ1) is 10.0. The van der Waals surface area contributed by atoms with Gasteiger partial charge in [-0.3, -0.25) is 0 Å². The third kappa shape index (κ3) is 4.21. The van der Waals surface area contributed by atoms with Crippen molar-refractivity contribution in [3.63, 3.8) is 0 Å². The predicted molar refractivity (Wildman–Crippen MR) is 83.0 cm³/mol. The average Bonchev–Trinajstić information content (AvgIpc) is 2.47. The summed E-state index contributed by atoms with van der Waals surface area (Å²) in [6.07, 6.45) is 0.746. The highest BCUT2D eigenvalue weighted by atomic mass is 32.2. The number of para-hydroxylation sites is 1. The molecule has 5 nitrogen and oxygen atoms in total. The van der Waals surface area contributed by atoms with Crippen LogP contribution in [0, 0.1) is 0 Å². The van der Waals surface area contributed by atoms with Crippen LogP contribution in [0.25, 0.3) is 0 Å². The molecule has 0 fully saturated rings. The minimum absolute atomic E-state index is 0.107. The van der Waals surface area contributed by atoms with Gasteiger partial charge in [0, 0.05) is 6.54 Å². The van der Waals surface area contributed by atoms with Crippen LogP contribution in [0.4, 0.5) is 5.69 Å². The molecule has 0 atom stereocenters. The molecule has 0 saturated heterocycles. The predicted octanol–water partition coefficient (Wildman–Crippen LogP) is 2.00. The summed E-state index contributed by atoms with van der Waals surface area (Å²) in [7, 11) is -2.10. The lowest BCUT2D eigenvalue weighted by Gasteiger charge is -2.11. The number of methoxy groups -OCH3 is 1. The lowest BCUT2D eigenvalue weighted by Crippen LogP contribution is -2.15. The van der Waals surface area contributed by atoms with Gasteiger partial charge < -0.3 is 10.1 Å². The summed E-state index contributed by atoms with van der Waals surface area (Å²) in [5, 5.41) is 8.30. The standard InChI is InChI=1S/C15H18N2O3S/c1-20-13-6-4-5-12(11-13)9-10-17-14-7-2-3-8-15(14)21(16,18)19/h2-8,11,17H,9-10H2,1H3,(H2,16,18,19). The molecular weight excluding hydrogens is 288 g/mol. The van der Waals surface area contributed by atoms with Crippen molar-refractivity contribution in [1.82, 2.24) is 0 Å². The van der Waals surface area contributed by atoms with Crippen molar-refractivity contribution in [1.29, 1.82) is 0 Å². The summed E-state index contributed by atoms with van der Waals surface area (Å²) >= 11 is 0. The Labute approximate surface area is 124 Å². The van der Waals surface area contributed by atoms with Gasteiger partial charge in [-0.15, -0.1) is 0 Å². The Bertz CT molecular complexity index is 714. The van der Waals surface area contributed by atoms with Gasteiger partial charge in [-0.25, -0.2) is 13.6 Å². The monoisotopic (exact) mass is 306 g/mol. The first-order valence-electron chi connectivity index (χ1n) is 6.49. The average molecular weight is 306 g/mol. The Morgan fingerprint density at radius 1 is 1.14 bits per heavy atom. The summed E-state index contributed by atoms with van der Waals surface area (Å²) in [4.78, 5) is 0.107.